The van der Waals surface area contributed by atoms with Gasteiger partial charge in [0.05, 0.1) is 5.54 Å². The summed E-state index contributed by atoms with van der Waals surface area (Å²) in [7, 11) is 0. The van der Waals surface area contributed by atoms with Crippen LogP contribution in [0.2, 0.25) is 0 Å². The predicted molar refractivity (Wildman–Crippen MR) is 71.7 cm³/mol. The van der Waals surface area contributed by atoms with Crippen LogP contribution in [0.3, 0.4) is 0 Å². The molecule has 1 atom stereocenters. The lowest BCUT2D eigenvalue weighted by Gasteiger charge is -2.38. The minimum Gasteiger partial charge on any atom is -0.329 e. The van der Waals surface area contributed by atoms with E-state index in [4.69, 9.17) is 5.73 Å². The van der Waals surface area contributed by atoms with Crippen LogP contribution in [0.25, 0.3) is 0 Å². The molecule has 0 aromatic heterocycles. The molecular weight excluding hydrogens is 212 g/mol. The maximum absolute atomic E-state index is 6.03. The van der Waals surface area contributed by atoms with Crippen LogP contribution >= 0.6 is 0 Å². The summed E-state index contributed by atoms with van der Waals surface area (Å²) in [4.78, 5) is 2.53. The fourth-order valence-electron chi connectivity index (χ4n) is 2.99. The van der Waals surface area contributed by atoms with Crippen molar-refractivity contribution in [2.24, 2.45) is 5.73 Å². The summed E-state index contributed by atoms with van der Waals surface area (Å²) in [6.45, 7) is 9.92. The number of rotatable bonds is 4. The molecule has 0 aromatic carbocycles. The molecule has 2 aliphatic heterocycles. The van der Waals surface area contributed by atoms with Gasteiger partial charge in [0.2, 0.25) is 0 Å². The summed E-state index contributed by atoms with van der Waals surface area (Å²) in [5, 5.41) is 2.40. The van der Waals surface area contributed by atoms with E-state index in [0.29, 0.717) is 6.04 Å². The van der Waals surface area contributed by atoms with Gasteiger partial charge in [-0.15, -0.1) is 0 Å². The van der Waals surface area contributed by atoms with Crippen LogP contribution in [0.15, 0.2) is 0 Å². The lowest BCUT2D eigenvalue weighted by Crippen LogP contribution is -2.60. The normalized spacial score (nSPS) is 32.5. The third kappa shape index (κ3) is 3.19. The van der Waals surface area contributed by atoms with E-state index >= 15 is 0 Å². The first-order valence-electron chi connectivity index (χ1n) is 7.12. The molecule has 1 unspecified atom stereocenters. The van der Waals surface area contributed by atoms with Gasteiger partial charge in [-0.1, -0.05) is 6.42 Å². The number of likely N-dealkylation sites (tertiary alicyclic amines) is 1. The van der Waals surface area contributed by atoms with Gasteiger partial charge in [0.25, 0.3) is 0 Å². The topological polar surface area (TPSA) is 44.5 Å². The van der Waals surface area contributed by atoms with Gasteiger partial charge in [0.15, 0.2) is 0 Å². The zero-order valence-electron chi connectivity index (χ0n) is 11.4. The SMILES string of the molecule is CC(C)N1CCC(CN)(NN2CCCCC2)C1. The first kappa shape index (κ1) is 13.3. The van der Waals surface area contributed by atoms with Crippen molar-refractivity contribution >= 4 is 0 Å². The number of hydrogen-bond donors (Lipinski definition) is 2. The number of piperidine rings is 1. The van der Waals surface area contributed by atoms with E-state index < -0.39 is 0 Å². The molecule has 4 nitrogen and oxygen atoms in total. The van der Waals surface area contributed by atoms with Crippen molar-refractivity contribution < 1.29 is 0 Å². The molecule has 0 amide bonds. The standard InChI is InChI=1S/C13H28N4/c1-12(2)16-9-6-13(10-14,11-16)15-17-7-4-3-5-8-17/h12,15H,3-11,14H2,1-2H3. The van der Waals surface area contributed by atoms with Crippen LogP contribution in [0.4, 0.5) is 0 Å². The summed E-state index contributed by atoms with van der Waals surface area (Å²) < 4.78 is 0. The van der Waals surface area contributed by atoms with Crippen molar-refractivity contribution in [1.29, 1.82) is 0 Å². The highest BCUT2D eigenvalue weighted by Crippen LogP contribution is 2.23. The van der Waals surface area contributed by atoms with Crippen LogP contribution in [-0.4, -0.2) is 54.2 Å². The fourth-order valence-corrected chi connectivity index (χ4v) is 2.99. The Kier molecular flexibility index (Phi) is 4.42. The molecule has 0 saturated carbocycles. The Morgan fingerprint density at radius 2 is 1.88 bits per heavy atom. The van der Waals surface area contributed by atoms with E-state index in [-0.39, 0.29) is 5.54 Å². The molecular formula is C13H28N4. The maximum atomic E-state index is 6.03. The quantitative estimate of drug-likeness (QED) is 0.762. The second kappa shape index (κ2) is 5.65. The van der Waals surface area contributed by atoms with E-state index in [1.165, 1.54) is 45.3 Å². The molecule has 0 spiro atoms. The minimum absolute atomic E-state index is 0.127. The average Bonchev–Trinajstić information content (AvgIpc) is 2.76. The molecule has 2 saturated heterocycles. The fraction of sp³-hybridized carbons (Fsp3) is 1.00. The minimum atomic E-state index is 0.127. The van der Waals surface area contributed by atoms with Crippen LogP contribution in [0.5, 0.6) is 0 Å². The number of hydrazine groups is 1. The summed E-state index contributed by atoms with van der Waals surface area (Å²) in [5.41, 5.74) is 9.89. The Bertz CT molecular complexity index is 238. The molecule has 0 bridgehead atoms. The van der Waals surface area contributed by atoms with Crippen LogP contribution < -0.4 is 11.2 Å². The molecule has 2 heterocycles. The van der Waals surface area contributed by atoms with Gasteiger partial charge in [-0.25, -0.2) is 10.4 Å². The number of nitrogens with zero attached hydrogens (tertiary/aromatic N) is 2. The molecule has 2 fully saturated rings. The van der Waals surface area contributed by atoms with Crippen molar-refractivity contribution in [3.05, 3.63) is 0 Å². The van der Waals surface area contributed by atoms with Gasteiger partial charge in [-0.05, 0) is 33.1 Å². The second-order valence-corrected chi connectivity index (χ2v) is 5.96. The van der Waals surface area contributed by atoms with Crippen molar-refractivity contribution in [2.75, 3.05) is 32.7 Å². The smallest absolute Gasteiger partial charge is 0.0586 e. The van der Waals surface area contributed by atoms with Crippen molar-refractivity contribution in [1.82, 2.24) is 15.3 Å². The van der Waals surface area contributed by atoms with E-state index in [0.717, 1.165) is 13.1 Å². The zero-order chi connectivity index (χ0) is 12.3. The van der Waals surface area contributed by atoms with E-state index in [1.807, 2.05) is 0 Å². The van der Waals surface area contributed by atoms with E-state index in [9.17, 15) is 0 Å². The summed E-state index contributed by atoms with van der Waals surface area (Å²) in [6, 6.07) is 0.631. The van der Waals surface area contributed by atoms with Gasteiger partial charge < -0.3 is 5.73 Å². The molecule has 2 aliphatic rings. The van der Waals surface area contributed by atoms with Crippen molar-refractivity contribution in [2.45, 2.75) is 51.1 Å². The number of nitrogens with one attached hydrogen (secondary N) is 1. The van der Waals surface area contributed by atoms with Gasteiger partial charge >= 0.3 is 0 Å². The first-order valence-corrected chi connectivity index (χ1v) is 7.12. The Morgan fingerprint density at radius 3 is 2.41 bits per heavy atom. The average molecular weight is 240 g/mol. The molecule has 0 radical (unpaired) electrons. The van der Waals surface area contributed by atoms with E-state index in [1.54, 1.807) is 0 Å². The molecule has 0 aliphatic carbocycles. The number of nitrogens with two attached hydrogens (primary N) is 1. The Morgan fingerprint density at radius 1 is 1.18 bits per heavy atom. The summed E-state index contributed by atoms with van der Waals surface area (Å²) in [6.07, 6.45) is 5.20. The number of hydrogen-bond acceptors (Lipinski definition) is 4. The highest BCUT2D eigenvalue weighted by molar-refractivity contribution is 4.98. The first-order chi connectivity index (χ1) is 8.15. The Hall–Kier alpha value is -0.160. The summed E-state index contributed by atoms with van der Waals surface area (Å²) in [5.74, 6) is 0. The monoisotopic (exact) mass is 240 g/mol. The Balaban J connectivity index is 1.91. The molecule has 2 rings (SSSR count). The largest absolute Gasteiger partial charge is 0.329 e. The molecule has 0 aromatic rings. The molecule has 17 heavy (non-hydrogen) atoms. The molecule has 3 N–H and O–H groups in total. The zero-order valence-corrected chi connectivity index (χ0v) is 11.4. The third-order valence-corrected chi connectivity index (χ3v) is 4.26. The third-order valence-electron chi connectivity index (χ3n) is 4.26. The second-order valence-electron chi connectivity index (χ2n) is 5.96. The lowest BCUT2D eigenvalue weighted by molar-refractivity contribution is 0.0833. The van der Waals surface area contributed by atoms with Crippen molar-refractivity contribution in [3.8, 4) is 0 Å². The predicted octanol–water partition coefficient (Wildman–Crippen LogP) is 0.789. The van der Waals surface area contributed by atoms with Crippen LogP contribution in [0, 0.1) is 0 Å². The van der Waals surface area contributed by atoms with Gasteiger partial charge in [-0.3, -0.25) is 4.90 Å². The highest BCUT2D eigenvalue weighted by Gasteiger charge is 2.39. The maximum Gasteiger partial charge on any atom is 0.0586 e. The molecule has 4 heteroatoms. The summed E-state index contributed by atoms with van der Waals surface area (Å²) >= 11 is 0. The Labute approximate surface area is 105 Å². The lowest BCUT2D eigenvalue weighted by atomic mass is 10.00. The van der Waals surface area contributed by atoms with Crippen LogP contribution in [-0.2, 0) is 0 Å². The van der Waals surface area contributed by atoms with Gasteiger partial charge in [0, 0.05) is 38.8 Å². The van der Waals surface area contributed by atoms with Crippen molar-refractivity contribution in [3.63, 3.8) is 0 Å². The molecule has 100 valence electrons. The van der Waals surface area contributed by atoms with E-state index in [2.05, 4.69) is 29.2 Å². The van der Waals surface area contributed by atoms with Gasteiger partial charge in [0.1, 0.15) is 0 Å². The van der Waals surface area contributed by atoms with Crippen LogP contribution in [0.1, 0.15) is 39.5 Å². The highest BCUT2D eigenvalue weighted by atomic mass is 15.5. The van der Waals surface area contributed by atoms with Gasteiger partial charge in [-0.2, -0.15) is 0 Å².